The quantitative estimate of drug-likeness (QED) is 0.0257. The molecule has 0 bridgehead atoms. The van der Waals surface area contributed by atoms with E-state index in [1.807, 2.05) is 0 Å². The SMILES string of the molecule is C#CCOCC(COCC#C)(COCC#C)NC(=O)CCOCCOCCOCCOCCOCCOCCNC(=O)CCC(NC(=O)c1ccc(NCc2cnc3nc(N)[nH]c(=O)c3n2)cc1)C(=O)OC(C)(C)C. The number of amides is 3. The molecule has 75 heavy (non-hydrogen) atoms. The Morgan fingerprint density at radius 3 is 1.73 bits per heavy atom. The number of esters is 1. The van der Waals surface area contributed by atoms with Gasteiger partial charge in [-0.1, -0.05) is 17.8 Å². The molecule has 0 aliphatic rings. The zero-order valence-corrected chi connectivity index (χ0v) is 43.0. The smallest absolute Gasteiger partial charge is 0.329 e. The summed E-state index contributed by atoms with van der Waals surface area (Å²) in [6.45, 7) is 9.56. The van der Waals surface area contributed by atoms with E-state index in [0.29, 0.717) is 70.8 Å². The molecule has 2 heterocycles. The number of aromatic nitrogens is 4. The molecule has 3 rings (SSSR count). The van der Waals surface area contributed by atoms with Gasteiger partial charge in [0, 0.05) is 30.6 Å². The number of nitrogen functional groups attached to an aromatic ring is 1. The standard InChI is InChI=1S/C51H71N9O15/c1-7-18-72-35-51(36-73-19-8-2,37-74-20-9-3)60-43(62)16-21-66-23-25-68-27-29-70-31-32-71-30-28-69-26-24-67-22-17-53-42(61)15-14-41(48(65)75-50(4,5)6)57-46(63)38-10-12-39(13-11-38)54-33-40-34-55-45-44(56-40)47(64)59-49(52)58-45/h1-3,10-13,34,41,54H,14-33,35-37H2,4-6H3,(H,53,61)(H,57,63)(H,60,62)(H3,52,55,58,59,64). The van der Waals surface area contributed by atoms with Gasteiger partial charge in [-0.2, -0.15) is 4.98 Å². The van der Waals surface area contributed by atoms with Gasteiger partial charge in [-0.3, -0.25) is 24.2 Å². The van der Waals surface area contributed by atoms with Crippen LogP contribution in [-0.2, 0) is 68.3 Å². The van der Waals surface area contributed by atoms with Crippen molar-refractivity contribution in [1.82, 2.24) is 35.9 Å². The molecule has 1 unspecified atom stereocenters. The van der Waals surface area contributed by atoms with Gasteiger partial charge in [-0.25, -0.2) is 14.8 Å². The van der Waals surface area contributed by atoms with E-state index in [1.165, 1.54) is 6.20 Å². The fourth-order valence-corrected chi connectivity index (χ4v) is 6.35. The van der Waals surface area contributed by atoms with E-state index in [-0.39, 0.29) is 126 Å². The van der Waals surface area contributed by atoms with Gasteiger partial charge in [0.1, 0.15) is 37.0 Å². The van der Waals surface area contributed by atoms with Gasteiger partial charge in [0.25, 0.3) is 11.5 Å². The molecule has 0 saturated carbocycles. The number of terminal acetylenes is 3. The van der Waals surface area contributed by atoms with Gasteiger partial charge in [0.2, 0.25) is 17.8 Å². The lowest BCUT2D eigenvalue weighted by Gasteiger charge is -2.33. The summed E-state index contributed by atoms with van der Waals surface area (Å²) in [5.74, 6) is 5.24. The largest absolute Gasteiger partial charge is 0.458 e. The average Bonchev–Trinajstić information content (AvgIpc) is 3.37. The van der Waals surface area contributed by atoms with Crippen LogP contribution >= 0.6 is 0 Å². The Balaban J connectivity index is 1.19. The number of nitrogens with zero attached hydrogens (tertiary/aromatic N) is 3. The number of ether oxygens (including phenoxy) is 10. The maximum absolute atomic E-state index is 13.2. The van der Waals surface area contributed by atoms with Crippen LogP contribution in [0, 0.1) is 37.0 Å². The highest BCUT2D eigenvalue weighted by Crippen LogP contribution is 2.15. The first kappa shape index (κ1) is 62.5. The van der Waals surface area contributed by atoms with E-state index in [2.05, 4.69) is 59.0 Å². The lowest BCUT2D eigenvalue weighted by Crippen LogP contribution is -2.58. The van der Waals surface area contributed by atoms with Gasteiger partial charge in [-0.15, -0.1) is 19.3 Å². The number of anilines is 2. The Kier molecular flexibility index (Phi) is 30.2. The van der Waals surface area contributed by atoms with Crippen LogP contribution in [-0.4, -0.2) is 186 Å². The zero-order valence-electron chi connectivity index (χ0n) is 43.0. The second-order valence-electron chi connectivity index (χ2n) is 17.2. The van der Waals surface area contributed by atoms with Crippen molar-refractivity contribution >= 4 is 46.5 Å². The highest BCUT2D eigenvalue weighted by atomic mass is 16.6. The van der Waals surface area contributed by atoms with Crippen LogP contribution in [0.2, 0.25) is 0 Å². The van der Waals surface area contributed by atoms with E-state index in [9.17, 15) is 24.0 Å². The van der Waals surface area contributed by atoms with Crippen molar-refractivity contribution in [2.75, 3.05) is 137 Å². The first-order chi connectivity index (χ1) is 36.2. The number of rotatable bonds is 40. The molecule has 0 saturated heterocycles. The summed E-state index contributed by atoms with van der Waals surface area (Å²) in [5, 5.41) is 11.5. The Bertz CT molecular complexity index is 2330. The van der Waals surface area contributed by atoms with E-state index in [1.54, 1.807) is 45.0 Å². The van der Waals surface area contributed by atoms with Gasteiger partial charge >= 0.3 is 5.97 Å². The number of nitrogens with two attached hydrogens (primary N) is 1. The highest BCUT2D eigenvalue weighted by Gasteiger charge is 2.34. The second-order valence-corrected chi connectivity index (χ2v) is 17.2. The molecular weight excluding hydrogens is 979 g/mol. The number of hydrogen-bond donors (Lipinski definition) is 6. The summed E-state index contributed by atoms with van der Waals surface area (Å²) in [7, 11) is 0. The molecule has 0 aliphatic heterocycles. The van der Waals surface area contributed by atoms with Gasteiger partial charge in [0.15, 0.2) is 11.2 Å². The van der Waals surface area contributed by atoms with Crippen LogP contribution in [0.25, 0.3) is 11.2 Å². The van der Waals surface area contributed by atoms with Crippen molar-refractivity contribution in [2.45, 2.75) is 63.8 Å². The maximum Gasteiger partial charge on any atom is 0.329 e. The topological polar surface area (TPSA) is 306 Å². The van der Waals surface area contributed by atoms with Crippen molar-refractivity contribution in [3.8, 4) is 37.0 Å². The molecule has 24 nitrogen and oxygen atoms in total. The molecule has 0 radical (unpaired) electrons. The Morgan fingerprint density at radius 2 is 1.21 bits per heavy atom. The zero-order chi connectivity index (χ0) is 54.6. The van der Waals surface area contributed by atoms with Crippen LogP contribution in [0.1, 0.15) is 56.1 Å². The predicted molar refractivity (Wildman–Crippen MR) is 275 cm³/mol. The number of benzene rings is 1. The van der Waals surface area contributed by atoms with Crippen molar-refractivity contribution in [3.63, 3.8) is 0 Å². The molecule has 7 N–H and O–H groups in total. The fraction of sp³-hybridized carbons (Fsp3) is 0.569. The monoisotopic (exact) mass is 1050 g/mol. The number of nitrogens with one attached hydrogen (secondary N) is 5. The van der Waals surface area contributed by atoms with Crippen molar-refractivity contribution in [3.05, 3.63) is 52.1 Å². The third kappa shape index (κ3) is 27.4. The number of hydrogen-bond acceptors (Lipinski definition) is 20. The molecule has 0 fully saturated rings. The molecule has 0 spiro atoms. The Hall–Kier alpha value is -6.76. The van der Waals surface area contributed by atoms with Gasteiger partial charge in [0.05, 0.1) is 118 Å². The van der Waals surface area contributed by atoms with Gasteiger partial charge < -0.3 is 74.4 Å². The van der Waals surface area contributed by atoms with Crippen molar-refractivity contribution in [2.24, 2.45) is 0 Å². The predicted octanol–water partition coefficient (Wildman–Crippen LogP) is 0.538. The highest BCUT2D eigenvalue weighted by molar-refractivity contribution is 5.97. The molecule has 3 aromatic rings. The van der Waals surface area contributed by atoms with E-state index in [0.717, 1.165) is 0 Å². The van der Waals surface area contributed by atoms with Crippen molar-refractivity contribution in [1.29, 1.82) is 0 Å². The average molecular weight is 1050 g/mol. The molecule has 24 heteroatoms. The van der Waals surface area contributed by atoms with Crippen LogP contribution in [0.4, 0.5) is 11.6 Å². The molecule has 410 valence electrons. The summed E-state index contributed by atoms with van der Waals surface area (Å²) in [6, 6.07) is 5.40. The first-order valence-corrected chi connectivity index (χ1v) is 24.1. The molecule has 2 aromatic heterocycles. The first-order valence-electron chi connectivity index (χ1n) is 24.1. The summed E-state index contributed by atoms with van der Waals surface area (Å²) >= 11 is 0. The summed E-state index contributed by atoms with van der Waals surface area (Å²) in [4.78, 5) is 78.7. The number of carbonyl (C=O) groups excluding carboxylic acids is 4. The van der Waals surface area contributed by atoms with Crippen LogP contribution in [0.5, 0.6) is 0 Å². The number of fused-ring (bicyclic) bond motifs is 1. The molecular formula is C51H71N9O15. The normalized spacial score (nSPS) is 11.7. The Labute approximate surface area is 437 Å². The van der Waals surface area contributed by atoms with E-state index in [4.69, 9.17) is 72.4 Å². The Morgan fingerprint density at radius 1 is 0.693 bits per heavy atom. The molecule has 3 amide bonds. The number of H-pyrrole nitrogens is 1. The molecule has 1 aromatic carbocycles. The van der Waals surface area contributed by atoms with Crippen LogP contribution in [0.15, 0.2) is 35.3 Å². The summed E-state index contributed by atoms with van der Waals surface area (Å²) in [5.41, 5.74) is 4.77. The maximum atomic E-state index is 13.2. The van der Waals surface area contributed by atoms with Crippen LogP contribution in [0.3, 0.4) is 0 Å². The third-order valence-corrected chi connectivity index (χ3v) is 9.76. The van der Waals surface area contributed by atoms with Crippen molar-refractivity contribution < 1.29 is 66.5 Å². The lowest BCUT2D eigenvalue weighted by atomic mass is 10.0. The summed E-state index contributed by atoms with van der Waals surface area (Å²) in [6.07, 6.45) is 17.4. The minimum atomic E-state index is -1.09. The molecule has 1 atom stereocenters. The van der Waals surface area contributed by atoms with E-state index >= 15 is 0 Å². The minimum Gasteiger partial charge on any atom is -0.458 e. The summed E-state index contributed by atoms with van der Waals surface area (Å²) < 4.78 is 55.1. The third-order valence-electron chi connectivity index (χ3n) is 9.76. The fourth-order valence-electron chi connectivity index (χ4n) is 6.35. The number of aromatic amines is 1. The van der Waals surface area contributed by atoms with Crippen LogP contribution < -0.4 is 32.6 Å². The van der Waals surface area contributed by atoms with E-state index < -0.39 is 34.6 Å². The van der Waals surface area contributed by atoms with Gasteiger partial charge in [-0.05, 0) is 51.5 Å². The minimum absolute atomic E-state index is 0.00231. The second kappa shape index (κ2) is 36.2. The molecule has 0 aliphatic carbocycles. The lowest BCUT2D eigenvalue weighted by molar-refractivity contribution is -0.157. The number of carbonyl (C=O) groups is 4.